The van der Waals surface area contributed by atoms with Gasteiger partial charge in [-0.2, -0.15) is 0 Å². The second kappa shape index (κ2) is 2.70. The van der Waals surface area contributed by atoms with Gasteiger partial charge in [0.15, 0.2) is 0 Å². The third-order valence-electron chi connectivity index (χ3n) is 2.43. The minimum atomic E-state index is 0.612. The molecule has 1 atom stereocenters. The first-order chi connectivity index (χ1) is 5.38. The van der Waals surface area contributed by atoms with Gasteiger partial charge >= 0.3 is 0 Å². The van der Waals surface area contributed by atoms with Crippen LogP contribution >= 0.6 is 0 Å². The van der Waals surface area contributed by atoms with Crippen molar-refractivity contribution in [1.82, 2.24) is 10.3 Å². The van der Waals surface area contributed by atoms with Crippen molar-refractivity contribution in [3.8, 4) is 0 Å². The first-order valence-corrected chi connectivity index (χ1v) is 4.25. The van der Waals surface area contributed by atoms with Crippen molar-refractivity contribution in [2.24, 2.45) is 0 Å². The summed E-state index contributed by atoms with van der Waals surface area (Å²) in [5, 5.41) is 3.48. The van der Waals surface area contributed by atoms with Crippen LogP contribution in [0.5, 0.6) is 0 Å². The van der Waals surface area contributed by atoms with Gasteiger partial charge in [-0.05, 0) is 37.9 Å². The third-order valence-corrected chi connectivity index (χ3v) is 2.43. The Bertz CT molecular complexity index is 233. The van der Waals surface area contributed by atoms with E-state index in [1.54, 1.807) is 0 Å². The summed E-state index contributed by atoms with van der Waals surface area (Å²) in [5.41, 5.74) is 2.76. The van der Waals surface area contributed by atoms with E-state index >= 15 is 0 Å². The number of nitrogens with one attached hydrogen (secondary N) is 2. The number of aromatic amines is 1. The predicted molar refractivity (Wildman–Crippen MR) is 45.5 cm³/mol. The van der Waals surface area contributed by atoms with Gasteiger partial charge in [-0.15, -0.1) is 0 Å². The van der Waals surface area contributed by atoms with Gasteiger partial charge in [0, 0.05) is 17.9 Å². The van der Waals surface area contributed by atoms with Gasteiger partial charge in [0.1, 0.15) is 0 Å². The summed E-state index contributed by atoms with van der Waals surface area (Å²) < 4.78 is 0. The van der Waals surface area contributed by atoms with Crippen LogP contribution in [0, 0.1) is 6.92 Å². The second-order valence-corrected chi connectivity index (χ2v) is 3.21. The van der Waals surface area contributed by atoms with Crippen LogP contribution in [0.2, 0.25) is 0 Å². The van der Waals surface area contributed by atoms with E-state index in [0.29, 0.717) is 6.04 Å². The number of aryl methyl sites for hydroxylation is 1. The summed E-state index contributed by atoms with van der Waals surface area (Å²) in [4.78, 5) is 3.21. The number of H-pyrrole nitrogens is 1. The fourth-order valence-corrected chi connectivity index (χ4v) is 1.79. The van der Waals surface area contributed by atoms with Crippen LogP contribution in [-0.4, -0.2) is 11.5 Å². The molecule has 2 nitrogen and oxygen atoms in total. The summed E-state index contributed by atoms with van der Waals surface area (Å²) in [6.07, 6.45) is 4.62. The van der Waals surface area contributed by atoms with Crippen molar-refractivity contribution in [3.63, 3.8) is 0 Å². The molecule has 2 heteroatoms. The Balaban J connectivity index is 2.21. The van der Waals surface area contributed by atoms with Crippen molar-refractivity contribution >= 4 is 0 Å². The Morgan fingerprint density at radius 1 is 1.55 bits per heavy atom. The van der Waals surface area contributed by atoms with Crippen LogP contribution in [-0.2, 0) is 0 Å². The van der Waals surface area contributed by atoms with Gasteiger partial charge in [-0.25, -0.2) is 0 Å². The van der Waals surface area contributed by atoms with Crippen LogP contribution in [0.15, 0.2) is 12.3 Å². The zero-order valence-electron chi connectivity index (χ0n) is 6.85. The molecular formula is C9H14N2. The number of hydrogen-bond acceptors (Lipinski definition) is 1. The molecule has 0 aromatic carbocycles. The molecule has 1 fully saturated rings. The van der Waals surface area contributed by atoms with E-state index in [2.05, 4.69) is 23.3 Å². The summed E-state index contributed by atoms with van der Waals surface area (Å²) in [5.74, 6) is 0. The monoisotopic (exact) mass is 150 g/mol. The first kappa shape index (κ1) is 6.92. The molecule has 1 aromatic rings. The van der Waals surface area contributed by atoms with Crippen LogP contribution < -0.4 is 5.32 Å². The molecule has 0 spiro atoms. The Morgan fingerprint density at radius 3 is 3.00 bits per heavy atom. The average molecular weight is 150 g/mol. The lowest BCUT2D eigenvalue weighted by atomic mass is 10.1. The molecule has 1 saturated heterocycles. The SMILES string of the molecule is Cc1[nH]ccc1[C@H]1CCCN1. The first-order valence-electron chi connectivity index (χ1n) is 4.25. The molecule has 0 bridgehead atoms. The van der Waals surface area contributed by atoms with E-state index in [9.17, 15) is 0 Å². The largest absolute Gasteiger partial charge is 0.365 e. The van der Waals surface area contributed by atoms with E-state index in [0.717, 1.165) is 0 Å². The quantitative estimate of drug-likeness (QED) is 0.627. The molecule has 11 heavy (non-hydrogen) atoms. The van der Waals surface area contributed by atoms with Gasteiger partial charge < -0.3 is 10.3 Å². The number of hydrogen-bond donors (Lipinski definition) is 2. The van der Waals surface area contributed by atoms with E-state index in [-0.39, 0.29) is 0 Å². The van der Waals surface area contributed by atoms with Crippen molar-refractivity contribution in [3.05, 3.63) is 23.5 Å². The lowest BCUT2D eigenvalue weighted by molar-refractivity contribution is 0.644. The topological polar surface area (TPSA) is 27.8 Å². The molecule has 0 amide bonds. The maximum absolute atomic E-state index is 3.48. The van der Waals surface area contributed by atoms with Crippen LogP contribution in [0.1, 0.15) is 30.1 Å². The summed E-state index contributed by atoms with van der Waals surface area (Å²) in [6, 6.07) is 2.79. The maximum atomic E-state index is 3.48. The van der Waals surface area contributed by atoms with Crippen LogP contribution in [0.25, 0.3) is 0 Å². The molecule has 2 heterocycles. The van der Waals surface area contributed by atoms with E-state index in [1.807, 2.05) is 6.20 Å². The predicted octanol–water partition coefficient (Wildman–Crippen LogP) is 1.75. The molecule has 2 rings (SSSR count). The zero-order valence-corrected chi connectivity index (χ0v) is 6.85. The normalized spacial score (nSPS) is 24.3. The van der Waals surface area contributed by atoms with Crippen molar-refractivity contribution in [2.75, 3.05) is 6.54 Å². The van der Waals surface area contributed by atoms with E-state index in [1.165, 1.54) is 30.6 Å². The fraction of sp³-hybridized carbons (Fsp3) is 0.556. The van der Waals surface area contributed by atoms with Crippen LogP contribution in [0.3, 0.4) is 0 Å². The highest BCUT2D eigenvalue weighted by Gasteiger charge is 2.17. The molecule has 0 radical (unpaired) electrons. The molecule has 2 N–H and O–H groups in total. The lowest BCUT2D eigenvalue weighted by Crippen LogP contribution is -2.12. The average Bonchev–Trinajstić information content (AvgIpc) is 2.55. The van der Waals surface area contributed by atoms with Crippen molar-refractivity contribution in [2.45, 2.75) is 25.8 Å². The van der Waals surface area contributed by atoms with Gasteiger partial charge in [0.25, 0.3) is 0 Å². The summed E-state index contributed by atoms with van der Waals surface area (Å²) >= 11 is 0. The minimum absolute atomic E-state index is 0.612. The van der Waals surface area contributed by atoms with Crippen LogP contribution in [0.4, 0.5) is 0 Å². The third kappa shape index (κ3) is 1.18. The van der Waals surface area contributed by atoms with Crippen molar-refractivity contribution in [1.29, 1.82) is 0 Å². The van der Waals surface area contributed by atoms with E-state index < -0.39 is 0 Å². The molecule has 0 unspecified atom stereocenters. The molecule has 1 aromatic heterocycles. The zero-order chi connectivity index (χ0) is 7.68. The van der Waals surface area contributed by atoms with E-state index in [4.69, 9.17) is 0 Å². The number of aromatic nitrogens is 1. The van der Waals surface area contributed by atoms with Gasteiger partial charge in [-0.3, -0.25) is 0 Å². The molecule has 1 aliphatic heterocycles. The molecule has 0 saturated carbocycles. The Kier molecular flexibility index (Phi) is 1.70. The molecular weight excluding hydrogens is 136 g/mol. The minimum Gasteiger partial charge on any atom is -0.365 e. The fourth-order valence-electron chi connectivity index (χ4n) is 1.79. The highest BCUT2D eigenvalue weighted by molar-refractivity contribution is 5.23. The Labute approximate surface area is 67.0 Å². The molecule has 0 aliphatic carbocycles. The summed E-state index contributed by atoms with van der Waals surface area (Å²) in [7, 11) is 0. The number of rotatable bonds is 1. The Hall–Kier alpha value is -0.760. The second-order valence-electron chi connectivity index (χ2n) is 3.21. The van der Waals surface area contributed by atoms with Gasteiger partial charge in [-0.1, -0.05) is 0 Å². The summed E-state index contributed by atoms with van der Waals surface area (Å²) in [6.45, 7) is 3.31. The molecule has 60 valence electrons. The standard InChI is InChI=1S/C9H14N2/c1-7-8(4-6-10-7)9-3-2-5-11-9/h4,6,9-11H,2-3,5H2,1H3/t9-/m1/s1. The van der Waals surface area contributed by atoms with Gasteiger partial charge in [0.05, 0.1) is 0 Å². The highest BCUT2D eigenvalue weighted by Crippen LogP contribution is 2.24. The Morgan fingerprint density at radius 2 is 2.45 bits per heavy atom. The van der Waals surface area contributed by atoms with Gasteiger partial charge in [0.2, 0.25) is 0 Å². The van der Waals surface area contributed by atoms with Crippen molar-refractivity contribution < 1.29 is 0 Å². The maximum Gasteiger partial charge on any atom is 0.0338 e. The highest BCUT2D eigenvalue weighted by atomic mass is 14.9. The molecule has 1 aliphatic rings. The lowest BCUT2D eigenvalue weighted by Gasteiger charge is -2.08. The smallest absolute Gasteiger partial charge is 0.0338 e.